The largest absolute Gasteiger partial charge is 0.207 e. The third kappa shape index (κ3) is 3.67. The molecule has 2 aliphatic rings. The van der Waals surface area contributed by atoms with Crippen molar-refractivity contribution < 1.29 is 4.39 Å². The molecule has 0 heterocycles. The molecule has 1 atom stereocenters. The molecule has 0 bridgehead atoms. The molecule has 0 aromatic heterocycles. The van der Waals surface area contributed by atoms with E-state index < -0.39 is 0 Å². The van der Waals surface area contributed by atoms with E-state index in [4.69, 9.17) is 0 Å². The van der Waals surface area contributed by atoms with Gasteiger partial charge in [0.25, 0.3) is 0 Å². The predicted molar refractivity (Wildman–Crippen MR) is 86.9 cm³/mol. The minimum Gasteiger partial charge on any atom is -0.207 e. The molecule has 0 N–H and O–H groups in total. The Hall–Kier alpha value is -0.850. The Balaban J connectivity index is 1.54. The van der Waals surface area contributed by atoms with Gasteiger partial charge >= 0.3 is 0 Å². The lowest BCUT2D eigenvalue weighted by Gasteiger charge is -2.36. The zero-order chi connectivity index (χ0) is 14.7. The Bertz CT molecular complexity index is 457. The van der Waals surface area contributed by atoms with Gasteiger partial charge in [-0.3, -0.25) is 0 Å². The fourth-order valence-corrected chi connectivity index (χ4v) is 4.60. The number of aryl methyl sites for hydroxylation is 1. The molecule has 0 aliphatic heterocycles. The lowest BCUT2D eigenvalue weighted by Crippen LogP contribution is -2.26. The summed E-state index contributed by atoms with van der Waals surface area (Å²) >= 11 is 0. The van der Waals surface area contributed by atoms with Gasteiger partial charge in [-0.2, -0.15) is 0 Å². The van der Waals surface area contributed by atoms with Crippen LogP contribution >= 0.6 is 0 Å². The van der Waals surface area contributed by atoms with Crippen molar-refractivity contribution in [3.63, 3.8) is 0 Å². The maximum atomic E-state index is 13.3. The van der Waals surface area contributed by atoms with Crippen LogP contribution in [0.15, 0.2) is 18.2 Å². The van der Waals surface area contributed by atoms with E-state index in [0.717, 1.165) is 24.2 Å². The minimum absolute atomic E-state index is 0.0661. The number of halogens is 1. The van der Waals surface area contributed by atoms with Gasteiger partial charge < -0.3 is 0 Å². The van der Waals surface area contributed by atoms with E-state index in [2.05, 4.69) is 6.92 Å². The molecule has 0 nitrogen and oxygen atoms in total. The second kappa shape index (κ2) is 6.94. The molecule has 21 heavy (non-hydrogen) atoms. The highest BCUT2D eigenvalue weighted by Gasteiger charge is 2.29. The SMILES string of the molecule is CCCCC1CCC(C2CCc3cc(F)ccc3C2)CC1. The molecular formula is C20H29F. The van der Waals surface area contributed by atoms with Gasteiger partial charge in [-0.15, -0.1) is 0 Å². The lowest BCUT2D eigenvalue weighted by molar-refractivity contribution is 0.183. The van der Waals surface area contributed by atoms with Crippen LogP contribution in [0, 0.1) is 23.6 Å². The maximum Gasteiger partial charge on any atom is 0.123 e. The van der Waals surface area contributed by atoms with Gasteiger partial charge in [-0.05, 0) is 73.1 Å². The number of rotatable bonds is 4. The third-order valence-corrected chi connectivity index (χ3v) is 5.96. The van der Waals surface area contributed by atoms with Gasteiger partial charge in [0.1, 0.15) is 5.82 Å². The van der Waals surface area contributed by atoms with E-state index in [-0.39, 0.29) is 5.82 Å². The maximum absolute atomic E-state index is 13.3. The molecule has 0 saturated heterocycles. The number of hydrogen-bond donors (Lipinski definition) is 0. The summed E-state index contributed by atoms with van der Waals surface area (Å²) in [5, 5.41) is 0. The van der Waals surface area contributed by atoms with Crippen molar-refractivity contribution in [1.82, 2.24) is 0 Å². The molecule has 0 radical (unpaired) electrons. The van der Waals surface area contributed by atoms with Crippen LogP contribution in [0.3, 0.4) is 0 Å². The van der Waals surface area contributed by atoms with Crippen LogP contribution in [0.4, 0.5) is 4.39 Å². The molecule has 1 aromatic carbocycles. The number of benzene rings is 1. The van der Waals surface area contributed by atoms with Crippen molar-refractivity contribution in [2.24, 2.45) is 17.8 Å². The molecule has 1 aromatic rings. The summed E-state index contributed by atoms with van der Waals surface area (Å²) in [6, 6.07) is 5.43. The van der Waals surface area contributed by atoms with Crippen molar-refractivity contribution >= 4 is 0 Å². The fourth-order valence-electron chi connectivity index (χ4n) is 4.60. The van der Waals surface area contributed by atoms with E-state index in [0.29, 0.717) is 0 Å². The summed E-state index contributed by atoms with van der Waals surface area (Å²) in [6.45, 7) is 2.30. The van der Waals surface area contributed by atoms with Crippen molar-refractivity contribution in [3.8, 4) is 0 Å². The van der Waals surface area contributed by atoms with Gasteiger partial charge in [-0.1, -0.05) is 45.1 Å². The highest BCUT2D eigenvalue weighted by atomic mass is 19.1. The number of fused-ring (bicyclic) bond motifs is 1. The van der Waals surface area contributed by atoms with Crippen LogP contribution in [0.5, 0.6) is 0 Å². The summed E-state index contributed by atoms with van der Waals surface area (Å²) in [7, 11) is 0. The van der Waals surface area contributed by atoms with E-state index in [9.17, 15) is 4.39 Å². The topological polar surface area (TPSA) is 0 Å². The highest BCUT2D eigenvalue weighted by Crippen LogP contribution is 2.40. The van der Waals surface area contributed by atoms with Crippen molar-refractivity contribution in [3.05, 3.63) is 35.1 Å². The standard InChI is InChI=1S/C20H29F/c1-2-3-4-15-5-7-16(8-6-15)17-9-10-19-14-20(21)12-11-18(19)13-17/h11-12,14-17H,2-10,13H2,1H3. The Morgan fingerprint density at radius 3 is 2.57 bits per heavy atom. The summed E-state index contributed by atoms with van der Waals surface area (Å²) in [4.78, 5) is 0. The molecule has 1 unspecified atom stereocenters. The second-order valence-corrected chi connectivity index (χ2v) is 7.34. The summed E-state index contributed by atoms with van der Waals surface area (Å²) in [6.07, 6.45) is 13.6. The first-order valence-electron chi connectivity index (χ1n) is 9.03. The van der Waals surface area contributed by atoms with E-state index in [1.54, 1.807) is 12.1 Å². The average Bonchev–Trinajstić information content (AvgIpc) is 2.53. The van der Waals surface area contributed by atoms with Crippen molar-refractivity contribution in [1.29, 1.82) is 0 Å². The molecule has 2 aliphatic carbocycles. The fraction of sp³-hybridized carbons (Fsp3) is 0.700. The Labute approximate surface area is 129 Å². The van der Waals surface area contributed by atoms with Crippen LogP contribution in [0.2, 0.25) is 0 Å². The zero-order valence-corrected chi connectivity index (χ0v) is 13.4. The third-order valence-electron chi connectivity index (χ3n) is 5.96. The molecule has 1 saturated carbocycles. The van der Waals surface area contributed by atoms with Gasteiger partial charge in [0.05, 0.1) is 0 Å². The van der Waals surface area contributed by atoms with Crippen molar-refractivity contribution in [2.45, 2.75) is 71.1 Å². The number of hydrogen-bond acceptors (Lipinski definition) is 0. The van der Waals surface area contributed by atoms with Gasteiger partial charge in [-0.25, -0.2) is 4.39 Å². The van der Waals surface area contributed by atoms with Gasteiger partial charge in [0.15, 0.2) is 0 Å². The molecule has 116 valence electrons. The molecule has 1 heteroatoms. The Kier molecular flexibility index (Phi) is 4.98. The quantitative estimate of drug-likeness (QED) is 0.644. The second-order valence-electron chi connectivity index (χ2n) is 7.34. The van der Waals surface area contributed by atoms with Crippen LogP contribution < -0.4 is 0 Å². The van der Waals surface area contributed by atoms with Gasteiger partial charge in [0.2, 0.25) is 0 Å². The lowest BCUT2D eigenvalue weighted by atomic mass is 9.69. The first kappa shape index (κ1) is 15.1. The Morgan fingerprint density at radius 1 is 1.00 bits per heavy atom. The van der Waals surface area contributed by atoms with Crippen LogP contribution in [0.25, 0.3) is 0 Å². The smallest absolute Gasteiger partial charge is 0.123 e. The molecule has 0 spiro atoms. The van der Waals surface area contributed by atoms with E-state index in [1.165, 1.54) is 68.9 Å². The van der Waals surface area contributed by atoms with Crippen LogP contribution in [0.1, 0.15) is 69.4 Å². The van der Waals surface area contributed by atoms with Crippen molar-refractivity contribution in [2.75, 3.05) is 0 Å². The molecule has 0 amide bonds. The highest BCUT2D eigenvalue weighted by molar-refractivity contribution is 5.30. The molecule has 3 rings (SSSR count). The summed E-state index contributed by atoms with van der Waals surface area (Å²) in [5.41, 5.74) is 2.68. The zero-order valence-electron chi connectivity index (χ0n) is 13.4. The predicted octanol–water partition coefficient (Wildman–Crippen LogP) is 5.93. The molecular weight excluding hydrogens is 259 g/mol. The molecule has 1 fully saturated rings. The number of unbranched alkanes of at least 4 members (excludes halogenated alkanes) is 1. The van der Waals surface area contributed by atoms with E-state index in [1.807, 2.05) is 6.07 Å². The average molecular weight is 288 g/mol. The summed E-state index contributed by atoms with van der Waals surface area (Å²) in [5.74, 6) is 2.73. The first-order valence-corrected chi connectivity index (χ1v) is 9.03. The summed E-state index contributed by atoms with van der Waals surface area (Å²) < 4.78 is 13.3. The first-order chi connectivity index (χ1) is 10.3. The normalized spacial score (nSPS) is 29.1. The van der Waals surface area contributed by atoms with Gasteiger partial charge in [0, 0.05) is 0 Å². The van der Waals surface area contributed by atoms with Crippen LogP contribution in [-0.2, 0) is 12.8 Å². The minimum atomic E-state index is -0.0661. The van der Waals surface area contributed by atoms with Crippen LogP contribution in [-0.4, -0.2) is 0 Å². The monoisotopic (exact) mass is 288 g/mol. The Morgan fingerprint density at radius 2 is 1.81 bits per heavy atom. The van der Waals surface area contributed by atoms with E-state index >= 15 is 0 Å².